The molecule has 1 aromatic carbocycles. The maximum absolute atomic E-state index is 11.9. The van der Waals surface area contributed by atoms with Gasteiger partial charge in [-0.15, -0.1) is 0 Å². The first-order chi connectivity index (χ1) is 9.11. The third-order valence-electron chi connectivity index (χ3n) is 2.82. The van der Waals surface area contributed by atoms with Gasteiger partial charge in [0.05, 0.1) is 29.2 Å². The zero-order valence-corrected chi connectivity index (χ0v) is 12.4. The van der Waals surface area contributed by atoms with Crippen molar-refractivity contribution in [2.45, 2.75) is 18.6 Å². The predicted octanol–water partition coefficient (Wildman–Crippen LogP) is 3.19. The monoisotopic (exact) mass is 301 g/mol. The Kier molecular flexibility index (Phi) is 4.82. The van der Waals surface area contributed by atoms with Gasteiger partial charge in [-0.1, -0.05) is 11.6 Å². The standard InChI is InChI=1S/C13H16ClNO3S/c1-8(19-2)13(16)15-10-7-12-11(6-9(10)14)17-4-3-5-18-12/h6-8H,3-5H2,1-2H3,(H,15,16)/t8-/m1/s1. The maximum atomic E-state index is 11.9. The number of rotatable bonds is 3. The molecule has 0 aliphatic carbocycles. The minimum Gasteiger partial charge on any atom is -0.490 e. The van der Waals surface area contributed by atoms with Gasteiger partial charge in [-0.25, -0.2) is 0 Å². The quantitative estimate of drug-likeness (QED) is 0.931. The minimum atomic E-state index is -0.132. The van der Waals surface area contributed by atoms with Gasteiger partial charge in [0.15, 0.2) is 11.5 Å². The zero-order valence-electron chi connectivity index (χ0n) is 10.9. The van der Waals surface area contributed by atoms with Crippen molar-refractivity contribution in [3.05, 3.63) is 17.2 Å². The second kappa shape index (κ2) is 6.39. The average Bonchev–Trinajstić information content (AvgIpc) is 2.63. The minimum absolute atomic E-state index is 0.0797. The molecule has 1 aliphatic heterocycles. The van der Waals surface area contributed by atoms with E-state index in [2.05, 4.69) is 5.32 Å². The summed E-state index contributed by atoms with van der Waals surface area (Å²) in [5.41, 5.74) is 0.553. The Bertz CT molecular complexity index is 481. The summed E-state index contributed by atoms with van der Waals surface area (Å²) in [4.78, 5) is 11.9. The summed E-state index contributed by atoms with van der Waals surface area (Å²) >= 11 is 7.63. The van der Waals surface area contributed by atoms with Crippen LogP contribution in [0.3, 0.4) is 0 Å². The lowest BCUT2D eigenvalue weighted by Gasteiger charge is -2.14. The normalized spacial score (nSPS) is 15.5. The van der Waals surface area contributed by atoms with Crippen molar-refractivity contribution in [2.24, 2.45) is 0 Å². The zero-order chi connectivity index (χ0) is 13.8. The number of fused-ring (bicyclic) bond motifs is 1. The number of thioether (sulfide) groups is 1. The van der Waals surface area contributed by atoms with Crippen LogP contribution in [0.5, 0.6) is 11.5 Å². The SMILES string of the molecule is CS[C@H](C)C(=O)Nc1cc2c(cc1Cl)OCCCO2. The number of carbonyl (C=O) groups excluding carboxylic acids is 1. The summed E-state index contributed by atoms with van der Waals surface area (Å²) in [6.45, 7) is 3.05. The molecule has 2 rings (SSSR count). The van der Waals surface area contributed by atoms with Crippen LogP contribution in [0.1, 0.15) is 13.3 Å². The van der Waals surface area contributed by atoms with Gasteiger partial charge in [0, 0.05) is 18.6 Å². The molecule has 1 heterocycles. The number of nitrogens with one attached hydrogen (secondary N) is 1. The van der Waals surface area contributed by atoms with Gasteiger partial charge in [0.25, 0.3) is 0 Å². The molecule has 1 amide bonds. The molecular formula is C13H16ClNO3S. The summed E-state index contributed by atoms with van der Waals surface area (Å²) in [5, 5.41) is 3.12. The summed E-state index contributed by atoms with van der Waals surface area (Å²) < 4.78 is 11.1. The van der Waals surface area contributed by atoms with Crippen molar-refractivity contribution >= 4 is 35.0 Å². The number of halogens is 1. The third kappa shape index (κ3) is 3.48. The van der Waals surface area contributed by atoms with Crippen molar-refractivity contribution in [1.29, 1.82) is 0 Å². The summed E-state index contributed by atoms with van der Waals surface area (Å²) in [6.07, 6.45) is 2.72. The van der Waals surface area contributed by atoms with Crippen LogP contribution in [0.2, 0.25) is 5.02 Å². The Morgan fingerprint density at radius 3 is 2.63 bits per heavy atom. The highest BCUT2D eigenvalue weighted by molar-refractivity contribution is 7.99. The van der Waals surface area contributed by atoms with E-state index in [-0.39, 0.29) is 11.2 Å². The van der Waals surface area contributed by atoms with Crippen molar-refractivity contribution in [2.75, 3.05) is 24.8 Å². The van der Waals surface area contributed by atoms with Gasteiger partial charge in [-0.2, -0.15) is 11.8 Å². The Balaban J connectivity index is 2.22. The molecule has 0 saturated heterocycles. The lowest BCUT2D eigenvalue weighted by atomic mass is 10.2. The summed E-state index contributed by atoms with van der Waals surface area (Å²) in [6, 6.07) is 3.40. The Morgan fingerprint density at radius 2 is 2.00 bits per heavy atom. The topological polar surface area (TPSA) is 47.6 Å². The van der Waals surface area contributed by atoms with Crippen LogP contribution >= 0.6 is 23.4 Å². The first-order valence-electron chi connectivity index (χ1n) is 6.04. The fourth-order valence-corrected chi connectivity index (χ4v) is 2.10. The van der Waals surface area contributed by atoms with Crippen molar-refractivity contribution in [3.63, 3.8) is 0 Å². The number of hydrogen-bond acceptors (Lipinski definition) is 4. The molecule has 1 N–H and O–H groups in total. The van der Waals surface area contributed by atoms with Crippen LogP contribution in [0.4, 0.5) is 5.69 Å². The van der Waals surface area contributed by atoms with Crippen LogP contribution in [0.25, 0.3) is 0 Å². The molecule has 0 aromatic heterocycles. The second-order valence-corrected chi connectivity index (χ2v) is 5.78. The van der Waals surface area contributed by atoms with E-state index in [0.29, 0.717) is 35.4 Å². The number of anilines is 1. The molecule has 0 unspecified atom stereocenters. The van der Waals surface area contributed by atoms with E-state index in [9.17, 15) is 4.79 Å². The van der Waals surface area contributed by atoms with E-state index in [0.717, 1.165) is 6.42 Å². The Labute approximate surface area is 121 Å². The van der Waals surface area contributed by atoms with E-state index in [1.807, 2.05) is 13.2 Å². The first-order valence-corrected chi connectivity index (χ1v) is 7.71. The number of benzene rings is 1. The van der Waals surface area contributed by atoms with Crippen LogP contribution in [-0.4, -0.2) is 30.6 Å². The van der Waals surface area contributed by atoms with Crippen LogP contribution in [-0.2, 0) is 4.79 Å². The molecular weight excluding hydrogens is 286 g/mol. The van der Waals surface area contributed by atoms with Gasteiger partial charge in [-0.3, -0.25) is 4.79 Å². The fourth-order valence-electron chi connectivity index (χ4n) is 1.62. The van der Waals surface area contributed by atoms with Crippen molar-refractivity contribution < 1.29 is 14.3 Å². The van der Waals surface area contributed by atoms with E-state index in [1.165, 1.54) is 11.8 Å². The number of carbonyl (C=O) groups is 1. The molecule has 19 heavy (non-hydrogen) atoms. The van der Waals surface area contributed by atoms with Crippen molar-refractivity contribution in [3.8, 4) is 11.5 Å². The van der Waals surface area contributed by atoms with Gasteiger partial charge in [0.1, 0.15) is 0 Å². The molecule has 1 aliphatic rings. The molecule has 0 fully saturated rings. The van der Waals surface area contributed by atoms with Crippen LogP contribution < -0.4 is 14.8 Å². The lowest BCUT2D eigenvalue weighted by molar-refractivity contribution is -0.115. The molecule has 0 bridgehead atoms. The Hall–Kier alpha value is -1.07. The summed E-state index contributed by atoms with van der Waals surface area (Å²) in [5.74, 6) is 1.16. The van der Waals surface area contributed by atoms with Gasteiger partial charge in [0.2, 0.25) is 5.91 Å². The smallest absolute Gasteiger partial charge is 0.237 e. The lowest BCUT2D eigenvalue weighted by Crippen LogP contribution is -2.22. The first kappa shape index (κ1) is 14.3. The van der Waals surface area contributed by atoms with Gasteiger partial charge >= 0.3 is 0 Å². The molecule has 1 aromatic rings. The van der Waals surface area contributed by atoms with E-state index in [1.54, 1.807) is 12.1 Å². The van der Waals surface area contributed by atoms with Gasteiger partial charge in [-0.05, 0) is 13.2 Å². The molecule has 4 nitrogen and oxygen atoms in total. The number of hydrogen-bond donors (Lipinski definition) is 1. The highest BCUT2D eigenvalue weighted by Crippen LogP contribution is 2.37. The molecule has 1 atom stereocenters. The molecule has 0 spiro atoms. The fraction of sp³-hybridized carbons (Fsp3) is 0.462. The highest BCUT2D eigenvalue weighted by Gasteiger charge is 2.17. The molecule has 0 saturated carbocycles. The number of amides is 1. The maximum Gasteiger partial charge on any atom is 0.237 e. The number of ether oxygens (including phenoxy) is 2. The third-order valence-corrected chi connectivity index (χ3v) is 4.05. The van der Waals surface area contributed by atoms with E-state index < -0.39 is 0 Å². The largest absolute Gasteiger partial charge is 0.490 e. The van der Waals surface area contributed by atoms with E-state index >= 15 is 0 Å². The predicted molar refractivity (Wildman–Crippen MR) is 78.7 cm³/mol. The van der Waals surface area contributed by atoms with Gasteiger partial charge < -0.3 is 14.8 Å². The summed E-state index contributed by atoms with van der Waals surface area (Å²) in [7, 11) is 0. The molecule has 0 radical (unpaired) electrons. The molecule has 6 heteroatoms. The second-order valence-electron chi connectivity index (χ2n) is 4.20. The van der Waals surface area contributed by atoms with Crippen molar-refractivity contribution in [1.82, 2.24) is 0 Å². The Morgan fingerprint density at radius 1 is 1.37 bits per heavy atom. The van der Waals surface area contributed by atoms with Crippen LogP contribution in [0.15, 0.2) is 12.1 Å². The average molecular weight is 302 g/mol. The highest BCUT2D eigenvalue weighted by atomic mass is 35.5. The van der Waals surface area contributed by atoms with Crippen LogP contribution in [0, 0.1) is 0 Å². The molecule has 104 valence electrons. The van der Waals surface area contributed by atoms with E-state index in [4.69, 9.17) is 21.1 Å².